The summed E-state index contributed by atoms with van der Waals surface area (Å²) in [7, 11) is -4.67. The number of hydrogen-bond donors (Lipinski definition) is 5. The van der Waals surface area contributed by atoms with E-state index in [2.05, 4.69) is 44.2 Å². The van der Waals surface area contributed by atoms with Crippen molar-refractivity contribution in [3.8, 4) is 5.75 Å². The van der Waals surface area contributed by atoms with Gasteiger partial charge in [0.1, 0.15) is 16.3 Å². The summed E-state index contributed by atoms with van der Waals surface area (Å²) in [6.45, 7) is 0. The third-order valence-electron chi connectivity index (χ3n) is 6.85. The van der Waals surface area contributed by atoms with Crippen molar-refractivity contribution in [1.82, 2.24) is 4.98 Å². The first-order valence-electron chi connectivity index (χ1n) is 13.3. The maximum Gasteiger partial charge on any atom is 0.296 e. The number of nitrogens with zero attached hydrogens (tertiary/aromatic N) is 5. The van der Waals surface area contributed by atoms with Gasteiger partial charge in [-0.15, -0.1) is 24.0 Å². The molecule has 19 heteroatoms. The first kappa shape index (κ1) is 33.1. The van der Waals surface area contributed by atoms with E-state index in [1.54, 1.807) is 42.6 Å². The van der Waals surface area contributed by atoms with Gasteiger partial charge in [-0.2, -0.15) is 13.5 Å². The van der Waals surface area contributed by atoms with Crippen LogP contribution in [0, 0.1) is 0 Å². The second kappa shape index (κ2) is 14.1. The molecule has 0 aliphatic heterocycles. The zero-order valence-corrected chi connectivity index (χ0v) is 26.3. The van der Waals surface area contributed by atoms with Crippen molar-refractivity contribution in [2.45, 2.75) is 14.7 Å². The molecule has 0 saturated heterocycles. The Morgan fingerprint density at radius 3 is 2.25 bits per heavy atom. The van der Waals surface area contributed by atoms with Crippen LogP contribution in [0.5, 0.6) is 5.75 Å². The summed E-state index contributed by atoms with van der Waals surface area (Å²) in [5.74, 6) is -0.447. The van der Waals surface area contributed by atoms with E-state index in [1.807, 2.05) is 24.3 Å². The lowest BCUT2D eigenvalue weighted by Crippen LogP contribution is -2.03. The first-order chi connectivity index (χ1) is 23.2. The Morgan fingerprint density at radius 2 is 1.48 bits per heavy atom. The number of aromatic nitrogens is 1. The molecule has 6 N–H and O–H groups in total. The van der Waals surface area contributed by atoms with Crippen molar-refractivity contribution in [1.29, 1.82) is 0 Å². The lowest BCUT2D eigenvalue weighted by atomic mass is 10.1. The highest BCUT2D eigenvalue weighted by atomic mass is 32.2. The fourth-order valence-electron chi connectivity index (χ4n) is 4.78. The van der Waals surface area contributed by atoms with E-state index in [0.29, 0.717) is 40.0 Å². The van der Waals surface area contributed by atoms with E-state index in [1.165, 1.54) is 6.07 Å². The minimum atomic E-state index is -4.67. The molecule has 6 rings (SSSR count). The van der Waals surface area contributed by atoms with Gasteiger partial charge in [-0.3, -0.25) is 9.54 Å². The number of pyridine rings is 1. The average Bonchev–Trinajstić information content (AvgIpc) is 3.08. The molecular formula is C29H20N6O10S3. The molecule has 48 heavy (non-hydrogen) atoms. The molecular weight excluding hydrogens is 689 g/mol. The summed E-state index contributed by atoms with van der Waals surface area (Å²) in [4.78, 5) is 4.66. The molecule has 244 valence electrons. The number of phenolic OH excluding ortho intramolecular Hbond substituents is 1. The third kappa shape index (κ3) is 6.90. The summed E-state index contributed by atoms with van der Waals surface area (Å²) in [5, 5.41) is 55.5. The average molecular weight is 709 g/mol. The first-order valence-corrected chi connectivity index (χ1v) is 16.2. The summed E-state index contributed by atoms with van der Waals surface area (Å²) < 4.78 is 42.2. The number of benzene rings is 5. The zero-order chi connectivity index (χ0) is 33.8. The van der Waals surface area contributed by atoms with Gasteiger partial charge in [0.15, 0.2) is 5.75 Å². The van der Waals surface area contributed by atoms with E-state index in [0.717, 1.165) is 39.8 Å². The summed E-state index contributed by atoms with van der Waals surface area (Å²) in [6, 6.07) is 21.3. The maximum atomic E-state index is 11.8. The van der Waals surface area contributed by atoms with Crippen LogP contribution in [0.1, 0.15) is 0 Å². The van der Waals surface area contributed by atoms with Gasteiger partial charge in [0.2, 0.25) is 0 Å². The zero-order valence-electron chi connectivity index (χ0n) is 23.9. The minimum Gasteiger partial charge on any atom is -0.505 e. The van der Waals surface area contributed by atoms with Gasteiger partial charge in [-0.1, -0.05) is 28.3 Å². The molecule has 0 radical (unpaired) electrons. The van der Waals surface area contributed by atoms with Crippen molar-refractivity contribution in [2.24, 2.45) is 20.5 Å². The fourth-order valence-corrected chi connectivity index (χ4v) is 6.42. The van der Waals surface area contributed by atoms with Gasteiger partial charge < -0.3 is 10.8 Å². The summed E-state index contributed by atoms with van der Waals surface area (Å²) >= 11 is 1.31. The molecule has 0 atom stereocenters. The van der Waals surface area contributed by atoms with Gasteiger partial charge in [0.05, 0.1) is 51.6 Å². The Kier molecular flexibility index (Phi) is 9.75. The molecule has 1 heterocycles. The highest BCUT2D eigenvalue weighted by Crippen LogP contribution is 2.46. The number of rotatable bonds is 11. The van der Waals surface area contributed by atoms with Gasteiger partial charge in [0.25, 0.3) is 10.1 Å². The lowest BCUT2D eigenvalue weighted by molar-refractivity contribution is -0.432. The van der Waals surface area contributed by atoms with Crippen LogP contribution in [0.4, 0.5) is 28.4 Å². The number of fused-ring (bicyclic) bond motifs is 3. The SMILES string of the molecule is Nc1cc2c(O)c(N=Nc3ccc(N=Nc4ccc5c(SOOO)cccc5c4)c4ncccc34)c(SOOO)cc2cc1S(=O)(=O)O. The number of anilines is 1. The lowest BCUT2D eigenvalue weighted by Gasteiger charge is -2.11. The summed E-state index contributed by atoms with van der Waals surface area (Å²) in [5.41, 5.74) is 7.19. The predicted octanol–water partition coefficient (Wildman–Crippen LogP) is 8.76. The van der Waals surface area contributed by atoms with E-state index < -0.39 is 20.8 Å². The molecule has 0 aliphatic carbocycles. The molecule has 0 amide bonds. The van der Waals surface area contributed by atoms with Crippen LogP contribution < -0.4 is 5.73 Å². The Morgan fingerprint density at radius 1 is 0.729 bits per heavy atom. The second-order valence-corrected chi connectivity index (χ2v) is 12.6. The molecule has 0 aliphatic rings. The Balaban J connectivity index is 1.36. The topological polar surface area (TPSA) is 240 Å². The number of nitrogens with two attached hydrogens (primary N) is 1. The molecule has 0 bridgehead atoms. The maximum absolute atomic E-state index is 11.8. The highest BCUT2D eigenvalue weighted by molar-refractivity contribution is 7.95. The number of phenols is 1. The van der Waals surface area contributed by atoms with Crippen molar-refractivity contribution in [3.63, 3.8) is 0 Å². The number of aromatic hydroxyl groups is 1. The van der Waals surface area contributed by atoms with Crippen LogP contribution in [0.25, 0.3) is 32.4 Å². The van der Waals surface area contributed by atoms with Crippen molar-refractivity contribution >= 4 is 95.1 Å². The van der Waals surface area contributed by atoms with Crippen LogP contribution in [-0.4, -0.2) is 33.6 Å². The molecule has 0 unspecified atom stereocenters. The predicted molar refractivity (Wildman–Crippen MR) is 175 cm³/mol. The molecule has 5 aromatic carbocycles. The van der Waals surface area contributed by atoms with Crippen LogP contribution in [0.15, 0.2) is 120 Å². The molecule has 1 aromatic heterocycles. The van der Waals surface area contributed by atoms with E-state index in [-0.39, 0.29) is 27.0 Å². The fraction of sp³-hybridized carbons (Fsp3) is 0. The number of hydrogen-bond acceptors (Lipinski definition) is 17. The smallest absolute Gasteiger partial charge is 0.296 e. The van der Waals surface area contributed by atoms with Crippen LogP contribution in [0.2, 0.25) is 0 Å². The van der Waals surface area contributed by atoms with Gasteiger partial charge in [-0.05, 0) is 76.8 Å². The van der Waals surface area contributed by atoms with Gasteiger partial charge in [0, 0.05) is 21.9 Å². The molecule has 16 nitrogen and oxygen atoms in total. The number of nitrogen functional groups attached to an aromatic ring is 1. The van der Waals surface area contributed by atoms with Crippen LogP contribution in [0.3, 0.4) is 0 Å². The Labute approximate surface area is 278 Å². The Hall–Kier alpha value is -4.80. The van der Waals surface area contributed by atoms with Crippen LogP contribution >= 0.6 is 24.1 Å². The van der Waals surface area contributed by atoms with Crippen molar-refractivity contribution in [3.05, 3.63) is 85.1 Å². The molecule has 0 fully saturated rings. The van der Waals surface area contributed by atoms with Crippen molar-refractivity contribution in [2.75, 3.05) is 5.73 Å². The van der Waals surface area contributed by atoms with E-state index in [4.69, 9.17) is 16.2 Å². The monoisotopic (exact) mass is 708 g/mol. The normalized spacial score (nSPS) is 12.3. The largest absolute Gasteiger partial charge is 0.505 e. The Bertz CT molecular complexity index is 2360. The van der Waals surface area contributed by atoms with Crippen LogP contribution in [-0.2, 0) is 28.9 Å². The minimum absolute atomic E-state index is 0.0621. The van der Waals surface area contributed by atoms with Gasteiger partial charge in [-0.25, -0.2) is 10.5 Å². The quantitative estimate of drug-likeness (QED) is 0.0211. The van der Waals surface area contributed by atoms with E-state index in [9.17, 15) is 18.1 Å². The standard InChI is InChI=1S/C29H20N6O10S3/c30-21-14-20-16(13-26(21)48(39,40)41)12-25(47-45-43-38)28(29(20)36)35-33-22-8-9-23(27-19(22)4-2-10-31-27)34-32-17-6-7-18-15(11-17)3-1-5-24(18)46-44-42-37/h1-14,36-38H,30H2,(H,39,40,41). The number of azo groups is 2. The molecule has 0 spiro atoms. The van der Waals surface area contributed by atoms with E-state index >= 15 is 0 Å². The summed E-state index contributed by atoms with van der Waals surface area (Å²) in [6.07, 6.45) is 1.58. The second-order valence-electron chi connectivity index (χ2n) is 9.67. The molecule has 0 saturated carbocycles. The van der Waals surface area contributed by atoms with Crippen molar-refractivity contribution < 1.29 is 47.3 Å². The third-order valence-corrected chi connectivity index (χ3v) is 9.04. The van der Waals surface area contributed by atoms with Gasteiger partial charge >= 0.3 is 0 Å². The molecule has 6 aromatic rings. The highest BCUT2D eigenvalue weighted by Gasteiger charge is 2.21.